The molecule has 0 bridgehead atoms. The quantitative estimate of drug-likeness (QED) is 0.148. The van der Waals surface area contributed by atoms with Gasteiger partial charge < -0.3 is 23.7 Å². The summed E-state index contributed by atoms with van der Waals surface area (Å²) in [4.78, 5) is 15.7. The van der Waals surface area contributed by atoms with E-state index in [1.807, 2.05) is 95.3 Å². The van der Waals surface area contributed by atoms with Crippen LogP contribution in [0.25, 0.3) is 67.1 Å². The Kier molecular flexibility index (Phi) is 10.8. The van der Waals surface area contributed by atoms with E-state index in [-0.39, 0.29) is 38.0 Å². The molecule has 306 valence electrons. The van der Waals surface area contributed by atoms with E-state index in [0.29, 0.717) is 50.6 Å². The van der Waals surface area contributed by atoms with Crippen LogP contribution in [0.2, 0.25) is 0 Å². The number of aryl methyl sites for hydroxylation is 7. The van der Waals surface area contributed by atoms with E-state index in [4.69, 9.17) is 13.8 Å². The summed E-state index contributed by atoms with van der Waals surface area (Å²) in [6.07, 6.45) is 0.282. The van der Waals surface area contributed by atoms with Crippen LogP contribution in [-0.4, -0.2) is 15.0 Å². The van der Waals surface area contributed by atoms with Gasteiger partial charge in [-0.2, -0.15) is 13.2 Å². The van der Waals surface area contributed by atoms with Crippen molar-refractivity contribution in [2.24, 2.45) is 0 Å². The smallest absolute Gasteiger partial charge is 0.464 e. The molecule has 0 aliphatic rings. The number of halogens is 3. The molecule has 0 radical (unpaired) electrons. The number of nitrogens with zero attached hydrogens (tertiary/aromatic N) is 4. The third kappa shape index (κ3) is 7.57. The van der Waals surface area contributed by atoms with E-state index in [9.17, 15) is 0 Å². The molecule has 0 saturated carbocycles. The molecule has 0 atom stereocenters. The summed E-state index contributed by atoms with van der Waals surface area (Å²) in [5, 5.41) is 1.57. The van der Waals surface area contributed by atoms with E-state index < -0.39 is 11.7 Å². The summed E-state index contributed by atoms with van der Waals surface area (Å²) in [7, 11) is 0. The van der Waals surface area contributed by atoms with Crippen molar-refractivity contribution < 1.29 is 43.1 Å². The number of rotatable bonds is 7. The molecule has 0 aliphatic carbocycles. The van der Waals surface area contributed by atoms with Gasteiger partial charge in [-0.25, -0.2) is 0 Å². The largest absolute Gasteiger partial charge is 2.00 e. The maximum Gasteiger partial charge on any atom is 2.00 e. The summed E-state index contributed by atoms with van der Waals surface area (Å²) >= 11 is 0. The number of aromatic nitrogens is 3. The molecule has 9 rings (SSSR count). The first-order valence-electron chi connectivity index (χ1n) is 19.6. The molecule has 4 aromatic carbocycles. The van der Waals surface area contributed by atoms with Crippen molar-refractivity contribution in [2.45, 2.75) is 54.6 Å². The van der Waals surface area contributed by atoms with Crippen molar-refractivity contribution in [3.05, 3.63) is 166 Å². The van der Waals surface area contributed by atoms with Crippen LogP contribution in [0, 0.1) is 60.6 Å². The SMILES string of the molecule is Cc1cc(-c2nccc3cc(-c4c(C)cccc4C)oc23)[c-]c(N(c2[c-]c(-c3nccc4cc(-c5c(C)cccc5C)oc34)cc(C(F)(F)F)c2)c2c(C)ccnc2C)c1.[Pt+2]. The first-order valence-corrected chi connectivity index (χ1v) is 19.6. The van der Waals surface area contributed by atoms with Gasteiger partial charge in [0.25, 0.3) is 0 Å². The van der Waals surface area contributed by atoms with Gasteiger partial charge in [0.2, 0.25) is 0 Å². The van der Waals surface area contributed by atoms with E-state index in [0.717, 1.165) is 67.8 Å². The molecule has 0 spiro atoms. The molecule has 5 heterocycles. The van der Waals surface area contributed by atoms with Crippen molar-refractivity contribution in [2.75, 3.05) is 4.90 Å². The van der Waals surface area contributed by atoms with Gasteiger partial charge in [0, 0.05) is 51.9 Å². The van der Waals surface area contributed by atoms with E-state index in [1.165, 1.54) is 0 Å². The minimum atomic E-state index is -4.71. The number of anilines is 3. The predicted molar refractivity (Wildman–Crippen MR) is 232 cm³/mol. The molecule has 61 heavy (non-hydrogen) atoms. The van der Waals surface area contributed by atoms with Gasteiger partial charge in [-0.15, -0.1) is 53.1 Å². The standard InChI is InChI=1S/C51H39F3N4O2.Pt/c1-28-20-37(46-49-35(15-18-56-46)25-42(59-49)44-29(2)10-8-11-30(44)3)23-40(21-28)58(48-33(6)14-17-55-34(48)7)41-24-38(22-39(27-41)51(52,53)54)47-50-36(16-19-57-47)26-43(60-50)45-31(4)12-9-13-32(45)5;/h8-22,25-27H,1-7H3;/q-2;+2. The summed E-state index contributed by atoms with van der Waals surface area (Å²) in [6.45, 7) is 13.8. The van der Waals surface area contributed by atoms with Gasteiger partial charge in [-0.1, -0.05) is 43.3 Å². The molecule has 10 heteroatoms. The maximum atomic E-state index is 15.1. The Morgan fingerprint density at radius 2 is 1.02 bits per heavy atom. The molecule has 0 aliphatic heterocycles. The third-order valence-electron chi connectivity index (χ3n) is 11.0. The number of hydrogen-bond acceptors (Lipinski definition) is 6. The first-order chi connectivity index (χ1) is 28.7. The third-order valence-corrected chi connectivity index (χ3v) is 11.0. The number of benzene rings is 4. The number of pyridine rings is 3. The monoisotopic (exact) mass is 991 g/mol. The van der Waals surface area contributed by atoms with Crippen molar-refractivity contribution in [3.8, 4) is 45.2 Å². The Morgan fingerprint density at radius 3 is 1.51 bits per heavy atom. The topological polar surface area (TPSA) is 68.2 Å². The van der Waals surface area contributed by atoms with E-state index in [1.54, 1.807) is 29.6 Å². The minimum absolute atomic E-state index is 0. The molecular formula is C51H39F3N4O2Pt. The number of fused-ring (bicyclic) bond motifs is 2. The molecule has 0 N–H and O–H groups in total. The maximum absolute atomic E-state index is 15.1. The average molecular weight is 992 g/mol. The van der Waals surface area contributed by atoms with E-state index in [2.05, 4.69) is 48.1 Å². The van der Waals surface area contributed by atoms with Crippen LogP contribution in [0.15, 0.2) is 118 Å². The zero-order valence-electron chi connectivity index (χ0n) is 34.4. The van der Waals surface area contributed by atoms with Crippen LogP contribution in [0.5, 0.6) is 0 Å². The van der Waals surface area contributed by atoms with Crippen molar-refractivity contribution >= 4 is 39.0 Å². The van der Waals surface area contributed by atoms with Gasteiger partial charge in [0.05, 0.1) is 11.4 Å². The molecular weight excluding hydrogens is 953 g/mol. The second-order valence-corrected chi connectivity index (χ2v) is 15.4. The number of hydrogen-bond donors (Lipinski definition) is 0. The van der Waals surface area contributed by atoms with Crippen LogP contribution in [0.4, 0.5) is 30.2 Å². The van der Waals surface area contributed by atoms with Crippen LogP contribution in [0.3, 0.4) is 0 Å². The van der Waals surface area contributed by atoms with Gasteiger partial charge >= 0.3 is 27.2 Å². The van der Waals surface area contributed by atoms with Crippen molar-refractivity contribution in [1.29, 1.82) is 0 Å². The Balaban J connectivity index is 0.00000514. The fraction of sp³-hybridized carbons (Fsp3) is 0.157. The first kappa shape index (κ1) is 41.4. The second kappa shape index (κ2) is 15.9. The summed E-state index contributed by atoms with van der Waals surface area (Å²) < 4.78 is 58.3. The fourth-order valence-electron chi connectivity index (χ4n) is 8.27. The van der Waals surface area contributed by atoms with E-state index >= 15 is 13.2 Å². The summed E-state index contributed by atoms with van der Waals surface area (Å²) in [5.41, 5.74) is 11.1. The normalized spacial score (nSPS) is 11.6. The summed E-state index contributed by atoms with van der Waals surface area (Å²) in [6, 6.07) is 34.5. The molecule has 0 amide bonds. The van der Waals surface area contributed by atoms with Crippen LogP contribution in [0.1, 0.15) is 44.6 Å². The minimum Gasteiger partial charge on any atom is -0.464 e. The molecule has 0 unspecified atom stereocenters. The Hall–Kier alpha value is -6.31. The van der Waals surface area contributed by atoms with Gasteiger partial charge in [0.1, 0.15) is 22.7 Å². The molecule has 9 aromatic rings. The summed E-state index contributed by atoms with van der Waals surface area (Å²) in [5.74, 6) is 1.33. The van der Waals surface area contributed by atoms with Gasteiger partial charge in [0.15, 0.2) is 0 Å². The fourth-order valence-corrected chi connectivity index (χ4v) is 8.27. The molecule has 5 aromatic heterocycles. The Morgan fingerprint density at radius 1 is 0.541 bits per heavy atom. The predicted octanol–water partition coefficient (Wildman–Crippen LogP) is 14.3. The second-order valence-electron chi connectivity index (χ2n) is 15.4. The zero-order chi connectivity index (χ0) is 42.0. The number of furan rings is 2. The van der Waals surface area contributed by atoms with Crippen LogP contribution >= 0.6 is 0 Å². The van der Waals surface area contributed by atoms with Crippen molar-refractivity contribution in [3.63, 3.8) is 0 Å². The Bertz CT molecular complexity index is 3090. The van der Waals surface area contributed by atoms with Crippen LogP contribution < -0.4 is 4.90 Å². The zero-order valence-corrected chi connectivity index (χ0v) is 36.7. The average Bonchev–Trinajstić information content (AvgIpc) is 3.83. The van der Waals surface area contributed by atoms with Crippen molar-refractivity contribution in [1.82, 2.24) is 15.0 Å². The molecule has 0 fully saturated rings. The molecule has 0 saturated heterocycles. The van der Waals surface area contributed by atoms with Gasteiger partial charge in [-0.3, -0.25) is 4.98 Å². The molecule has 6 nitrogen and oxygen atoms in total. The Labute approximate surface area is 366 Å². The van der Waals surface area contributed by atoms with Gasteiger partial charge in [-0.05, 0) is 117 Å². The van der Waals surface area contributed by atoms with Crippen LogP contribution in [-0.2, 0) is 27.2 Å². The number of alkyl halides is 3.